The first-order chi connectivity index (χ1) is 7.69. The van der Waals surface area contributed by atoms with Crippen molar-refractivity contribution in [1.82, 2.24) is 9.97 Å². The molecule has 1 aromatic rings. The highest BCUT2D eigenvalue weighted by molar-refractivity contribution is 7.99. The summed E-state index contributed by atoms with van der Waals surface area (Å²) in [5.41, 5.74) is 6.72. The van der Waals surface area contributed by atoms with Crippen LogP contribution < -0.4 is 5.73 Å². The molecule has 0 radical (unpaired) electrons. The normalized spacial score (nSPS) is 17.2. The number of nitrogens with two attached hydrogens (primary N) is 1. The summed E-state index contributed by atoms with van der Waals surface area (Å²) in [5, 5.41) is 12.5. The van der Waals surface area contributed by atoms with Crippen molar-refractivity contribution in [3.63, 3.8) is 0 Å². The Morgan fingerprint density at radius 3 is 2.94 bits per heavy atom. The minimum atomic E-state index is -0.00258. The van der Waals surface area contributed by atoms with E-state index < -0.39 is 0 Å². The van der Waals surface area contributed by atoms with Gasteiger partial charge in [0, 0.05) is 5.69 Å². The molecule has 0 aromatic carbocycles. The Bertz CT molecular complexity index is 420. The third-order valence-electron chi connectivity index (χ3n) is 2.08. The monoisotopic (exact) mass is 240 g/mol. The molecule has 0 saturated carbocycles. The maximum atomic E-state index is 8.58. The third kappa shape index (κ3) is 2.42. The standard InChI is InChI=1S/C9H12N4O2S/c1-5-2-7(8(10)13-14)12-9(11-5)16-6-3-15-4-6/h2,6,14H,3-4H2,1H3,(H2,10,13). The van der Waals surface area contributed by atoms with Gasteiger partial charge in [-0.1, -0.05) is 16.9 Å². The zero-order chi connectivity index (χ0) is 11.5. The zero-order valence-corrected chi connectivity index (χ0v) is 9.57. The van der Waals surface area contributed by atoms with E-state index in [1.807, 2.05) is 6.92 Å². The third-order valence-corrected chi connectivity index (χ3v) is 3.08. The number of hydrogen-bond acceptors (Lipinski definition) is 6. The van der Waals surface area contributed by atoms with E-state index in [0.29, 0.717) is 16.1 Å². The molecule has 0 spiro atoms. The average Bonchev–Trinajstić information content (AvgIpc) is 2.21. The van der Waals surface area contributed by atoms with Gasteiger partial charge in [-0.25, -0.2) is 9.97 Å². The van der Waals surface area contributed by atoms with Gasteiger partial charge in [0.05, 0.1) is 18.5 Å². The molecular formula is C9H12N4O2S. The summed E-state index contributed by atoms with van der Waals surface area (Å²) in [4.78, 5) is 8.48. The van der Waals surface area contributed by atoms with Crippen LogP contribution in [0.4, 0.5) is 0 Å². The van der Waals surface area contributed by atoms with Gasteiger partial charge >= 0.3 is 0 Å². The van der Waals surface area contributed by atoms with Gasteiger partial charge in [-0.15, -0.1) is 0 Å². The van der Waals surface area contributed by atoms with Gasteiger partial charge in [0.25, 0.3) is 0 Å². The molecular weight excluding hydrogens is 228 g/mol. The number of ether oxygens (including phenoxy) is 1. The van der Waals surface area contributed by atoms with E-state index in [1.165, 1.54) is 0 Å². The Morgan fingerprint density at radius 1 is 1.62 bits per heavy atom. The molecule has 1 aliphatic rings. The molecule has 0 bridgehead atoms. The van der Waals surface area contributed by atoms with E-state index in [-0.39, 0.29) is 5.84 Å². The first-order valence-electron chi connectivity index (χ1n) is 4.77. The lowest BCUT2D eigenvalue weighted by Gasteiger charge is -2.24. The molecule has 1 saturated heterocycles. The van der Waals surface area contributed by atoms with Crippen molar-refractivity contribution in [3.8, 4) is 0 Å². The molecule has 86 valence electrons. The summed E-state index contributed by atoms with van der Waals surface area (Å²) in [7, 11) is 0. The van der Waals surface area contributed by atoms with Gasteiger partial charge in [-0.05, 0) is 13.0 Å². The molecule has 3 N–H and O–H groups in total. The van der Waals surface area contributed by atoms with Gasteiger partial charge in [0.1, 0.15) is 5.69 Å². The van der Waals surface area contributed by atoms with Crippen LogP contribution in [0.2, 0.25) is 0 Å². The number of amidine groups is 1. The summed E-state index contributed by atoms with van der Waals surface area (Å²) < 4.78 is 5.07. The number of oxime groups is 1. The van der Waals surface area contributed by atoms with Gasteiger partial charge in [-0.3, -0.25) is 0 Å². The Labute approximate surface area is 96.9 Å². The topological polar surface area (TPSA) is 93.6 Å². The molecule has 2 heterocycles. The highest BCUT2D eigenvalue weighted by Gasteiger charge is 2.21. The molecule has 1 aliphatic heterocycles. The van der Waals surface area contributed by atoms with E-state index >= 15 is 0 Å². The number of hydrogen-bond donors (Lipinski definition) is 2. The lowest BCUT2D eigenvalue weighted by molar-refractivity contribution is 0.0454. The van der Waals surface area contributed by atoms with Gasteiger partial charge < -0.3 is 15.7 Å². The van der Waals surface area contributed by atoms with Crippen molar-refractivity contribution in [2.24, 2.45) is 10.9 Å². The van der Waals surface area contributed by atoms with Crippen LogP contribution in [-0.4, -0.2) is 39.5 Å². The van der Waals surface area contributed by atoms with Crippen molar-refractivity contribution in [2.45, 2.75) is 17.3 Å². The summed E-state index contributed by atoms with van der Waals surface area (Å²) in [6.07, 6.45) is 0. The van der Waals surface area contributed by atoms with E-state index in [4.69, 9.17) is 15.7 Å². The van der Waals surface area contributed by atoms with Gasteiger partial charge in [-0.2, -0.15) is 0 Å². The summed E-state index contributed by atoms with van der Waals surface area (Å²) in [6.45, 7) is 3.29. The minimum absolute atomic E-state index is 0.00258. The lowest BCUT2D eigenvalue weighted by atomic mass is 10.3. The van der Waals surface area contributed by atoms with Crippen molar-refractivity contribution in [1.29, 1.82) is 0 Å². The first-order valence-corrected chi connectivity index (χ1v) is 5.65. The number of aromatic nitrogens is 2. The van der Waals surface area contributed by atoms with Crippen LogP contribution in [-0.2, 0) is 4.74 Å². The lowest BCUT2D eigenvalue weighted by Crippen LogP contribution is -2.30. The van der Waals surface area contributed by atoms with E-state index in [1.54, 1.807) is 17.8 Å². The molecule has 0 atom stereocenters. The van der Waals surface area contributed by atoms with Crippen LogP contribution in [0.5, 0.6) is 0 Å². The quantitative estimate of drug-likeness (QED) is 0.261. The van der Waals surface area contributed by atoms with Crippen LogP contribution in [0, 0.1) is 6.92 Å². The fourth-order valence-electron chi connectivity index (χ4n) is 1.21. The maximum Gasteiger partial charge on any atom is 0.188 e. The molecule has 16 heavy (non-hydrogen) atoms. The van der Waals surface area contributed by atoms with Crippen molar-refractivity contribution in [3.05, 3.63) is 17.5 Å². The zero-order valence-electron chi connectivity index (χ0n) is 8.75. The number of nitrogens with zero attached hydrogens (tertiary/aromatic N) is 3. The SMILES string of the molecule is Cc1cc(/C(N)=N/O)nc(SC2COC2)n1. The molecule has 0 unspecified atom stereocenters. The fourth-order valence-corrected chi connectivity index (χ4v) is 2.18. The fraction of sp³-hybridized carbons (Fsp3) is 0.444. The molecule has 7 heteroatoms. The molecule has 0 aliphatic carbocycles. The van der Waals surface area contributed by atoms with Crippen molar-refractivity contribution >= 4 is 17.6 Å². The highest BCUT2D eigenvalue weighted by Crippen LogP contribution is 2.25. The Morgan fingerprint density at radius 2 is 2.38 bits per heavy atom. The summed E-state index contributed by atoms with van der Waals surface area (Å²) in [5.74, 6) is -0.00258. The van der Waals surface area contributed by atoms with Gasteiger partial charge in [0.15, 0.2) is 11.0 Å². The Hall–Kier alpha value is -1.34. The second-order valence-electron chi connectivity index (χ2n) is 3.44. The largest absolute Gasteiger partial charge is 0.409 e. The average molecular weight is 240 g/mol. The summed E-state index contributed by atoms with van der Waals surface area (Å²) in [6, 6.07) is 1.68. The first kappa shape index (κ1) is 11.2. The van der Waals surface area contributed by atoms with Crippen molar-refractivity contribution in [2.75, 3.05) is 13.2 Å². The predicted molar refractivity (Wildman–Crippen MR) is 59.7 cm³/mol. The minimum Gasteiger partial charge on any atom is -0.409 e. The van der Waals surface area contributed by atoms with Crippen LogP contribution >= 0.6 is 11.8 Å². The van der Waals surface area contributed by atoms with Crippen LogP contribution in [0.1, 0.15) is 11.4 Å². The van der Waals surface area contributed by atoms with Crippen molar-refractivity contribution < 1.29 is 9.94 Å². The molecule has 2 rings (SSSR count). The summed E-state index contributed by atoms with van der Waals surface area (Å²) >= 11 is 1.55. The Balaban J connectivity index is 2.20. The van der Waals surface area contributed by atoms with E-state index in [2.05, 4.69) is 15.1 Å². The number of rotatable bonds is 3. The molecule has 0 amide bonds. The second-order valence-corrected chi connectivity index (χ2v) is 4.71. The van der Waals surface area contributed by atoms with E-state index in [9.17, 15) is 0 Å². The van der Waals surface area contributed by atoms with Gasteiger partial charge in [0.2, 0.25) is 0 Å². The predicted octanol–water partition coefficient (Wildman–Crippen LogP) is 0.370. The molecule has 6 nitrogen and oxygen atoms in total. The van der Waals surface area contributed by atoms with Crippen LogP contribution in [0.25, 0.3) is 0 Å². The number of aryl methyl sites for hydroxylation is 1. The van der Waals surface area contributed by atoms with E-state index in [0.717, 1.165) is 18.9 Å². The molecule has 1 aromatic heterocycles. The van der Waals surface area contributed by atoms with Crippen LogP contribution in [0.3, 0.4) is 0 Å². The maximum absolute atomic E-state index is 8.58. The Kier molecular flexibility index (Phi) is 3.25. The molecule has 1 fully saturated rings. The number of thioether (sulfide) groups is 1. The van der Waals surface area contributed by atoms with Crippen LogP contribution in [0.15, 0.2) is 16.4 Å². The second kappa shape index (κ2) is 4.67. The highest BCUT2D eigenvalue weighted by atomic mass is 32.2. The smallest absolute Gasteiger partial charge is 0.188 e.